The average molecular weight is 284 g/mol. The summed E-state index contributed by atoms with van der Waals surface area (Å²) in [6.45, 7) is 4.18. The van der Waals surface area contributed by atoms with Gasteiger partial charge in [0.05, 0.1) is 4.92 Å². The number of benzene rings is 2. The third-order valence-corrected chi connectivity index (χ3v) is 3.64. The monoisotopic (exact) mass is 284 g/mol. The van der Waals surface area contributed by atoms with Gasteiger partial charge in [0.1, 0.15) is 0 Å². The summed E-state index contributed by atoms with van der Waals surface area (Å²) in [4.78, 5) is 10.5. The highest BCUT2D eigenvalue weighted by Crippen LogP contribution is 2.24. The molecule has 2 aromatic rings. The van der Waals surface area contributed by atoms with Crippen LogP contribution >= 0.6 is 0 Å². The minimum atomic E-state index is -0.350. The Morgan fingerprint density at radius 2 is 1.76 bits per heavy atom. The SMILES string of the molecule is CCC(NC(C)c1ccccc1)c1cccc([N+](=O)[O-])c1. The summed E-state index contributed by atoms with van der Waals surface area (Å²) >= 11 is 0. The highest BCUT2D eigenvalue weighted by Gasteiger charge is 2.16. The van der Waals surface area contributed by atoms with Gasteiger partial charge in [-0.15, -0.1) is 0 Å². The van der Waals surface area contributed by atoms with Crippen LogP contribution in [-0.4, -0.2) is 4.92 Å². The van der Waals surface area contributed by atoms with E-state index in [-0.39, 0.29) is 22.7 Å². The van der Waals surface area contributed by atoms with Crippen LogP contribution in [0.15, 0.2) is 54.6 Å². The highest BCUT2D eigenvalue weighted by molar-refractivity contribution is 5.36. The molecule has 0 amide bonds. The van der Waals surface area contributed by atoms with Crippen LogP contribution in [0.25, 0.3) is 0 Å². The Balaban J connectivity index is 2.16. The zero-order valence-corrected chi connectivity index (χ0v) is 12.3. The Hall–Kier alpha value is -2.20. The lowest BCUT2D eigenvalue weighted by Gasteiger charge is -2.23. The largest absolute Gasteiger partial charge is 0.303 e. The second kappa shape index (κ2) is 6.99. The van der Waals surface area contributed by atoms with Gasteiger partial charge in [0.25, 0.3) is 5.69 Å². The van der Waals surface area contributed by atoms with Crippen LogP contribution in [-0.2, 0) is 0 Å². The van der Waals surface area contributed by atoms with Gasteiger partial charge in [0.15, 0.2) is 0 Å². The Labute approximate surface area is 125 Å². The van der Waals surface area contributed by atoms with Gasteiger partial charge in [-0.2, -0.15) is 0 Å². The number of nitrogens with one attached hydrogen (secondary N) is 1. The lowest BCUT2D eigenvalue weighted by molar-refractivity contribution is -0.384. The third-order valence-electron chi connectivity index (χ3n) is 3.64. The van der Waals surface area contributed by atoms with Crippen LogP contribution in [0.1, 0.15) is 43.5 Å². The lowest BCUT2D eigenvalue weighted by atomic mass is 10.0. The molecule has 2 unspecified atom stereocenters. The van der Waals surface area contributed by atoms with E-state index in [2.05, 4.69) is 31.3 Å². The summed E-state index contributed by atoms with van der Waals surface area (Å²) < 4.78 is 0. The van der Waals surface area contributed by atoms with Crippen molar-refractivity contribution >= 4 is 5.69 Å². The van der Waals surface area contributed by atoms with Gasteiger partial charge in [-0.1, -0.05) is 49.4 Å². The van der Waals surface area contributed by atoms with E-state index < -0.39 is 0 Å². The second-order valence-electron chi connectivity index (χ2n) is 5.11. The Morgan fingerprint density at radius 1 is 1.10 bits per heavy atom. The highest BCUT2D eigenvalue weighted by atomic mass is 16.6. The molecule has 0 aliphatic carbocycles. The predicted molar refractivity (Wildman–Crippen MR) is 84.1 cm³/mol. The molecule has 2 atom stereocenters. The van der Waals surface area contributed by atoms with E-state index in [1.54, 1.807) is 12.1 Å². The smallest absolute Gasteiger partial charge is 0.269 e. The Kier molecular flexibility index (Phi) is 5.06. The molecular weight excluding hydrogens is 264 g/mol. The summed E-state index contributed by atoms with van der Waals surface area (Å²) in [6, 6.07) is 17.3. The first kappa shape index (κ1) is 15.2. The van der Waals surface area contributed by atoms with Crippen LogP contribution in [0.4, 0.5) is 5.69 Å². The lowest BCUT2D eigenvalue weighted by Crippen LogP contribution is -2.24. The standard InChI is InChI=1S/C17H20N2O2/c1-3-17(15-10-7-11-16(12-15)19(20)21)18-13(2)14-8-5-4-6-9-14/h4-13,17-18H,3H2,1-2H3. The average Bonchev–Trinajstić information content (AvgIpc) is 2.53. The maximum atomic E-state index is 10.9. The number of hydrogen-bond acceptors (Lipinski definition) is 3. The fourth-order valence-electron chi connectivity index (χ4n) is 2.44. The fourth-order valence-corrected chi connectivity index (χ4v) is 2.44. The van der Waals surface area contributed by atoms with E-state index in [4.69, 9.17) is 0 Å². The number of rotatable bonds is 6. The summed E-state index contributed by atoms with van der Waals surface area (Å²) in [5.74, 6) is 0. The van der Waals surface area contributed by atoms with Crippen molar-refractivity contribution in [2.75, 3.05) is 0 Å². The van der Waals surface area contributed by atoms with Crippen LogP contribution in [0.3, 0.4) is 0 Å². The minimum absolute atomic E-state index is 0.0973. The maximum absolute atomic E-state index is 10.9. The molecule has 4 heteroatoms. The minimum Gasteiger partial charge on any atom is -0.303 e. The molecule has 0 bridgehead atoms. The van der Waals surface area contributed by atoms with E-state index in [1.165, 1.54) is 11.6 Å². The molecule has 4 nitrogen and oxygen atoms in total. The molecule has 0 spiro atoms. The van der Waals surface area contributed by atoms with Crippen molar-refractivity contribution in [1.82, 2.24) is 5.32 Å². The van der Waals surface area contributed by atoms with Crippen molar-refractivity contribution in [1.29, 1.82) is 0 Å². The molecule has 0 heterocycles. The summed E-state index contributed by atoms with van der Waals surface area (Å²) in [5, 5.41) is 14.4. The fraction of sp³-hybridized carbons (Fsp3) is 0.294. The second-order valence-corrected chi connectivity index (χ2v) is 5.11. The molecule has 0 aliphatic rings. The molecule has 2 aromatic carbocycles. The van der Waals surface area contributed by atoms with Crippen LogP contribution < -0.4 is 5.32 Å². The van der Waals surface area contributed by atoms with Gasteiger partial charge >= 0.3 is 0 Å². The van der Waals surface area contributed by atoms with E-state index in [0.717, 1.165) is 12.0 Å². The van der Waals surface area contributed by atoms with Crippen LogP contribution in [0.5, 0.6) is 0 Å². The number of nitro groups is 1. The number of nitro benzene ring substituents is 1. The van der Waals surface area contributed by atoms with E-state index >= 15 is 0 Å². The van der Waals surface area contributed by atoms with Crippen molar-refractivity contribution in [3.63, 3.8) is 0 Å². The van der Waals surface area contributed by atoms with E-state index in [0.29, 0.717) is 0 Å². The first-order valence-electron chi connectivity index (χ1n) is 7.17. The predicted octanol–water partition coefficient (Wildman–Crippen LogP) is 4.40. The number of hydrogen-bond donors (Lipinski definition) is 1. The molecule has 0 saturated heterocycles. The zero-order chi connectivity index (χ0) is 15.2. The number of nitrogens with zero attached hydrogens (tertiary/aromatic N) is 1. The third kappa shape index (κ3) is 3.89. The zero-order valence-electron chi connectivity index (χ0n) is 12.3. The number of non-ortho nitro benzene ring substituents is 1. The Morgan fingerprint density at radius 3 is 2.38 bits per heavy atom. The molecule has 110 valence electrons. The van der Waals surface area contributed by atoms with Crippen LogP contribution in [0.2, 0.25) is 0 Å². The molecule has 0 saturated carbocycles. The topological polar surface area (TPSA) is 55.2 Å². The van der Waals surface area contributed by atoms with Gasteiger partial charge in [-0.25, -0.2) is 0 Å². The van der Waals surface area contributed by atoms with Gasteiger partial charge in [-0.3, -0.25) is 10.1 Å². The molecule has 1 N–H and O–H groups in total. The normalized spacial score (nSPS) is 13.6. The molecule has 0 aromatic heterocycles. The molecule has 2 rings (SSSR count). The van der Waals surface area contributed by atoms with Crippen molar-refractivity contribution in [2.24, 2.45) is 0 Å². The van der Waals surface area contributed by atoms with Crippen molar-refractivity contribution < 1.29 is 4.92 Å². The first-order valence-corrected chi connectivity index (χ1v) is 7.17. The summed E-state index contributed by atoms with van der Waals surface area (Å²) in [6.07, 6.45) is 0.873. The van der Waals surface area contributed by atoms with Gasteiger partial charge < -0.3 is 5.32 Å². The van der Waals surface area contributed by atoms with Crippen LogP contribution in [0, 0.1) is 10.1 Å². The van der Waals surface area contributed by atoms with E-state index in [1.807, 2.05) is 24.3 Å². The van der Waals surface area contributed by atoms with Crippen molar-refractivity contribution in [2.45, 2.75) is 32.4 Å². The first-order chi connectivity index (χ1) is 10.1. The van der Waals surface area contributed by atoms with Gasteiger partial charge in [-0.05, 0) is 24.5 Å². The van der Waals surface area contributed by atoms with Crippen molar-refractivity contribution in [3.05, 3.63) is 75.8 Å². The maximum Gasteiger partial charge on any atom is 0.269 e. The van der Waals surface area contributed by atoms with E-state index in [9.17, 15) is 10.1 Å². The van der Waals surface area contributed by atoms with Crippen molar-refractivity contribution in [3.8, 4) is 0 Å². The van der Waals surface area contributed by atoms with Gasteiger partial charge in [0.2, 0.25) is 0 Å². The quantitative estimate of drug-likeness (QED) is 0.632. The molecule has 21 heavy (non-hydrogen) atoms. The summed E-state index contributed by atoms with van der Waals surface area (Å²) in [7, 11) is 0. The molecule has 0 radical (unpaired) electrons. The summed E-state index contributed by atoms with van der Waals surface area (Å²) in [5.41, 5.74) is 2.30. The molecular formula is C17H20N2O2. The molecule has 0 fully saturated rings. The van der Waals surface area contributed by atoms with Gasteiger partial charge in [0, 0.05) is 24.2 Å². The Bertz CT molecular complexity index is 599. The molecule has 0 aliphatic heterocycles.